The van der Waals surface area contributed by atoms with Crippen LogP contribution < -0.4 is 10.6 Å². The molecule has 0 saturated carbocycles. The number of benzene rings is 1. The molecule has 7 heteroatoms. The standard InChI is InChI=1S/C22H28N4O3/c27-19-9-3-4-11-25(19)13-10-23-20(28)17-14-15-6-5-12-26(15)22(17)16-7-1-2-8-18(16)24-21(22)29/h1-2,7-8,15,17H,3-6,9-14H2,(H,23,28)(H,24,29)/t15-,17-,22+/m1/s1. The number of likely N-dealkylation sites (tertiary alicyclic amines) is 1. The van der Waals surface area contributed by atoms with E-state index in [0.29, 0.717) is 25.9 Å². The molecule has 2 N–H and O–H groups in total. The molecule has 5 rings (SSSR count). The van der Waals surface area contributed by atoms with Crippen LogP contribution in [0, 0.1) is 5.92 Å². The van der Waals surface area contributed by atoms with Crippen molar-refractivity contribution in [2.75, 3.05) is 31.5 Å². The lowest BCUT2D eigenvalue weighted by Gasteiger charge is -2.36. The molecule has 7 nitrogen and oxygen atoms in total. The van der Waals surface area contributed by atoms with Crippen LogP contribution in [0.25, 0.3) is 0 Å². The molecule has 4 heterocycles. The number of hydrogen-bond acceptors (Lipinski definition) is 4. The molecule has 4 aliphatic heterocycles. The van der Waals surface area contributed by atoms with E-state index in [-0.39, 0.29) is 23.8 Å². The third-order valence-electron chi connectivity index (χ3n) is 7.19. The first-order valence-corrected chi connectivity index (χ1v) is 10.9. The Labute approximate surface area is 170 Å². The van der Waals surface area contributed by atoms with Gasteiger partial charge in [-0.25, -0.2) is 0 Å². The first-order chi connectivity index (χ1) is 14.1. The summed E-state index contributed by atoms with van der Waals surface area (Å²) in [6, 6.07) is 8.04. The first kappa shape index (κ1) is 18.6. The third kappa shape index (κ3) is 2.78. The normalized spacial score (nSPS) is 31.1. The van der Waals surface area contributed by atoms with E-state index in [4.69, 9.17) is 0 Å². The summed E-state index contributed by atoms with van der Waals surface area (Å²) in [5, 5.41) is 6.07. The van der Waals surface area contributed by atoms with E-state index in [1.165, 1.54) is 0 Å². The summed E-state index contributed by atoms with van der Waals surface area (Å²) in [7, 11) is 0. The summed E-state index contributed by atoms with van der Waals surface area (Å²) in [4.78, 5) is 42.7. The van der Waals surface area contributed by atoms with Gasteiger partial charge in [0.05, 0.1) is 5.92 Å². The van der Waals surface area contributed by atoms with Crippen molar-refractivity contribution in [3.63, 3.8) is 0 Å². The van der Waals surface area contributed by atoms with E-state index >= 15 is 0 Å². The third-order valence-corrected chi connectivity index (χ3v) is 7.19. The molecule has 0 bridgehead atoms. The highest BCUT2D eigenvalue weighted by molar-refractivity contribution is 6.09. The van der Waals surface area contributed by atoms with Gasteiger partial charge in [0.15, 0.2) is 0 Å². The Balaban J connectivity index is 1.37. The maximum absolute atomic E-state index is 13.3. The van der Waals surface area contributed by atoms with Crippen LogP contribution >= 0.6 is 0 Å². The summed E-state index contributed by atoms with van der Waals surface area (Å²) < 4.78 is 0. The minimum Gasteiger partial charge on any atom is -0.354 e. The number of hydrogen-bond donors (Lipinski definition) is 2. The van der Waals surface area contributed by atoms with Crippen LogP contribution in [0.3, 0.4) is 0 Å². The Hall–Kier alpha value is -2.41. The topological polar surface area (TPSA) is 81.8 Å². The van der Waals surface area contributed by atoms with Crippen molar-refractivity contribution in [2.24, 2.45) is 5.92 Å². The van der Waals surface area contributed by atoms with Crippen molar-refractivity contribution in [3.8, 4) is 0 Å². The number of nitrogens with zero attached hydrogens (tertiary/aromatic N) is 2. The second-order valence-electron chi connectivity index (χ2n) is 8.67. The minimum absolute atomic E-state index is 0.0734. The van der Waals surface area contributed by atoms with Crippen molar-refractivity contribution in [3.05, 3.63) is 29.8 Å². The smallest absolute Gasteiger partial charge is 0.250 e. The van der Waals surface area contributed by atoms with E-state index in [1.54, 1.807) is 0 Å². The molecule has 0 unspecified atom stereocenters. The van der Waals surface area contributed by atoms with Crippen molar-refractivity contribution >= 4 is 23.4 Å². The molecule has 4 aliphatic rings. The van der Waals surface area contributed by atoms with Crippen LogP contribution in [-0.2, 0) is 19.9 Å². The lowest BCUT2D eigenvalue weighted by molar-refractivity contribution is -0.137. The van der Waals surface area contributed by atoms with Crippen LogP contribution in [0.5, 0.6) is 0 Å². The molecule has 0 aliphatic carbocycles. The molecule has 0 radical (unpaired) electrons. The Kier molecular flexibility index (Phi) is 4.57. The van der Waals surface area contributed by atoms with E-state index in [2.05, 4.69) is 15.5 Å². The average Bonchev–Trinajstić information content (AvgIpc) is 3.38. The summed E-state index contributed by atoms with van der Waals surface area (Å²) in [6.45, 7) is 2.59. The van der Waals surface area contributed by atoms with Crippen molar-refractivity contribution in [1.82, 2.24) is 15.1 Å². The molecule has 3 saturated heterocycles. The fraction of sp³-hybridized carbons (Fsp3) is 0.591. The van der Waals surface area contributed by atoms with E-state index in [1.807, 2.05) is 29.2 Å². The van der Waals surface area contributed by atoms with Crippen LogP contribution in [0.2, 0.25) is 0 Å². The lowest BCUT2D eigenvalue weighted by atomic mass is 9.78. The van der Waals surface area contributed by atoms with Gasteiger partial charge in [-0.2, -0.15) is 0 Å². The van der Waals surface area contributed by atoms with Crippen molar-refractivity contribution in [1.29, 1.82) is 0 Å². The van der Waals surface area contributed by atoms with Gasteiger partial charge in [0, 0.05) is 43.3 Å². The zero-order valence-electron chi connectivity index (χ0n) is 16.7. The molecule has 3 amide bonds. The van der Waals surface area contributed by atoms with Gasteiger partial charge in [-0.3, -0.25) is 19.3 Å². The van der Waals surface area contributed by atoms with Crippen LogP contribution in [-0.4, -0.2) is 59.7 Å². The van der Waals surface area contributed by atoms with Gasteiger partial charge < -0.3 is 15.5 Å². The zero-order chi connectivity index (χ0) is 20.0. The highest BCUT2D eigenvalue weighted by Crippen LogP contribution is 2.55. The van der Waals surface area contributed by atoms with Gasteiger partial charge >= 0.3 is 0 Å². The number of para-hydroxylation sites is 1. The van der Waals surface area contributed by atoms with Crippen LogP contribution in [0.15, 0.2) is 24.3 Å². The quantitative estimate of drug-likeness (QED) is 0.807. The number of carbonyl (C=O) groups is 3. The zero-order valence-corrected chi connectivity index (χ0v) is 16.7. The highest BCUT2D eigenvalue weighted by Gasteiger charge is 2.65. The number of anilines is 1. The van der Waals surface area contributed by atoms with Crippen LogP contribution in [0.4, 0.5) is 5.69 Å². The second-order valence-corrected chi connectivity index (χ2v) is 8.67. The van der Waals surface area contributed by atoms with Gasteiger partial charge in [-0.1, -0.05) is 18.2 Å². The number of nitrogens with one attached hydrogen (secondary N) is 2. The first-order valence-electron chi connectivity index (χ1n) is 10.9. The lowest BCUT2D eigenvalue weighted by Crippen LogP contribution is -2.54. The predicted octanol–water partition coefficient (Wildman–Crippen LogP) is 1.45. The SMILES string of the molecule is O=C(NCCN1CCCCC1=O)[C@H]1C[C@H]2CCCN2[C@]12C(=O)Nc1ccccc12. The average molecular weight is 396 g/mol. The second kappa shape index (κ2) is 7.13. The van der Waals surface area contributed by atoms with E-state index in [9.17, 15) is 14.4 Å². The highest BCUT2D eigenvalue weighted by atomic mass is 16.2. The minimum atomic E-state index is -0.900. The number of fused-ring (bicyclic) bond motifs is 4. The molecule has 154 valence electrons. The largest absolute Gasteiger partial charge is 0.354 e. The molecule has 1 aromatic carbocycles. The molecule has 3 atom stereocenters. The molecule has 0 aromatic heterocycles. The van der Waals surface area contributed by atoms with E-state index < -0.39 is 11.5 Å². The summed E-state index contributed by atoms with van der Waals surface area (Å²) in [5.74, 6) is -0.383. The van der Waals surface area contributed by atoms with E-state index in [0.717, 1.165) is 50.0 Å². The van der Waals surface area contributed by atoms with Crippen molar-refractivity contribution < 1.29 is 14.4 Å². The van der Waals surface area contributed by atoms with Gasteiger partial charge in [0.25, 0.3) is 0 Å². The Morgan fingerprint density at radius 3 is 2.90 bits per heavy atom. The maximum atomic E-state index is 13.3. The van der Waals surface area contributed by atoms with Gasteiger partial charge in [0.1, 0.15) is 5.54 Å². The number of piperidine rings is 1. The number of amides is 3. The maximum Gasteiger partial charge on any atom is 0.250 e. The molecular weight excluding hydrogens is 368 g/mol. The molecule has 1 spiro atoms. The Morgan fingerprint density at radius 2 is 2.03 bits per heavy atom. The Bertz CT molecular complexity index is 856. The van der Waals surface area contributed by atoms with Crippen LogP contribution in [0.1, 0.15) is 44.1 Å². The Morgan fingerprint density at radius 1 is 1.17 bits per heavy atom. The number of rotatable bonds is 4. The molecule has 29 heavy (non-hydrogen) atoms. The van der Waals surface area contributed by atoms with Gasteiger partial charge in [-0.15, -0.1) is 0 Å². The van der Waals surface area contributed by atoms with Gasteiger partial charge in [-0.05, 0) is 44.7 Å². The molecular formula is C22H28N4O3. The number of carbonyl (C=O) groups excluding carboxylic acids is 3. The fourth-order valence-corrected chi connectivity index (χ4v) is 5.92. The summed E-state index contributed by atoms with van der Waals surface area (Å²) in [5.41, 5.74) is 0.852. The monoisotopic (exact) mass is 396 g/mol. The van der Waals surface area contributed by atoms with Gasteiger partial charge in [0.2, 0.25) is 17.7 Å². The summed E-state index contributed by atoms with van der Waals surface area (Å²) >= 11 is 0. The fourth-order valence-electron chi connectivity index (χ4n) is 5.92. The molecule has 1 aromatic rings. The predicted molar refractivity (Wildman–Crippen MR) is 108 cm³/mol. The summed E-state index contributed by atoms with van der Waals surface area (Å²) in [6.07, 6.45) is 5.39. The van der Waals surface area contributed by atoms with Crippen molar-refractivity contribution in [2.45, 2.75) is 50.1 Å². The molecule has 3 fully saturated rings.